The minimum Gasteiger partial charge on any atom is -0.381 e. The lowest BCUT2D eigenvalue weighted by molar-refractivity contribution is 0.538. The molecule has 0 saturated carbocycles. The molecule has 5 heteroatoms. The Hall–Kier alpha value is -1.65. The van der Waals surface area contributed by atoms with Crippen LogP contribution in [-0.2, 0) is 5.41 Å². The fourth-order valence-corrected chi connectivity index (χ4v) is 1.36. The first kappa shape index (κ1) is 8.93. The maximum atomic E-state index is 5.68. The molecule has 0 aliphatic heterocycles. The van der Waals surface area contributed by atoms with Crippen LogP contribution in [-0.4, -0.2) is 19.6 Å². The van der Waals surface area contributed by atoms with Gasteiger partial charge in [0.25, 0.3) is 0 Å². The van der Waals surface area contributed by atoms with Crippen LogP contribution >= 0.6 is 0 Å². The number of nitrogen functional groups attached to an aromatic ring is 1. The van der Waals surface area contributed by atoms with Crippen molar-refractivity contribution >= 4 is 11.5 Å². The van der Waals surface area contributed by atoms with E-state index >= 15 is 0 Å². The molecule has 0 amide bonds. The number of nitrogens with zero attached hydrogens (tertiary/aromatic N) is 4. The summed E-state index contributed by atoms with van der Waals surface area (Å²) in [6.45, 7) is 6.25. The summed E-state index contributed by atoms with van der Waals surface area (Å²) in [6, 6.07) is 0. The molecule has 0 saturated heterocycles. The van der Waals surface area contributed by atoms with Crippen LogP contribution in [0.1, 0.15) is 26.6 Å². The number of hydrogen-bond acceptors (Lipinski definition) is 4. The highest BCUT2D eigenvalue weighted by Crippen LogP contribution is 2.21. The molecule has 5 nitrogen and oxygen atoms in total. The smallest absolute Gasteiger partial charge is 0.203 e. The number of aromatic nitrogens is 4. The summed E-state index contributed by atoms with van der Waals surface area (Å²) in [5.41, 5.74) is 6.25. The molecule has 0 fully saturated rings. The van der Waals surface area contributed by atoms with Gasteiger partial charge < -0.3 is 5.73 Å². The van der Waals surface area contributed by atoms with Gasteiger partial charge in [-0.25, -0.2) is 4.98 Å². The van der Waals surface area contributed by atoms with E-state index in [1.807, 2.05) is 10.6 Å². The molecule has 0 aliphatic rings. The molecule has 2 N–H and O–H groups in total. The van der Waals surface area contributed by atoms with Gasteiger partial charge >= 0.3 is 0 Å². The summed E-state index contributed by atoms with van der Waals surface area (Å²) >= 11 is 0. The monoisotopic (exact) mass is 191 g/mol. The fraction of sp³-hybridized carbons (Fsp3) is 0.444. The lowest BCUT2D eigenvalue weighted by Gasteiger charge is -2.15. The summed E-state index contributed by atoms with van der Waals surface area (Å²) in [5.74, 6) is 1.30. The molecular formula is C9H13N5. The van der Waals surface area contributed by atoms with Crippen LogP contribution < -0.4 is 5.73 Å². The van der Waals surface area contributed by atoms with Gasteiger partial charge in [0.05, 0.1) is 0 Å². The maximum Gasteiger partial charge on any atom is 0.203 e. The second kappa shape index (κ2) is 2.67. The molecule has 0 spiro atoms. The Morgan fingerprint density at radius 1 is 1.29 bits per heavy atom. The third-order valence-corrected chi connectivity index (χ3v) is 2.03. The topological polar surface area (TPSA) is 69.1 Å². The van der Waals surface area contributed by atoms with Gasteiger partial charge in [-0.3, -0.25) is 4.40 Å². The average Bonchev–Trinajstić information content (AvgIpc) is 2.47. The second-order valence-corrected chi connectivity index (χ2v) is 4.28. The average molecular weight is 191 g/mol. The van der Waals surface area contributed by atoms with Crippen molar-refractivity contribution in [3.8, 4) is 0 Å². The van der Waals surface area contributed by atoms with Crippen molar-refractivity contribution in [3.63, 3.8) is 0 Å². The summed E-state index contributed by atoms with van der Waals surface area (Å²) in [5, 5.41) is 8.13. The molecule has 0 unspecified atom stereocenters. The van der Waals surface area contributed by atoms with Gasteiger partial charge in [-0.05, 0) is 0 Å². The first-order valence-corrected chi connectivity index (χ1v) is 4.46. The maximum absolute atomic E-state index is 5.68. The second-order valence-electron chi connectivity index (χ2n) is 4.28. The summed E-state index contributed by atoms with van der Waals surface area (Å²) in [6.07, 6.45) is 3.48. The lowest BCUT2D eigenvalue weighted by atomic mass is 9.96. The standard InChI is InChI=1S/C9H13N5/c1-9(2,3)8-13-12-7-6(10)11-4-5-14(7)8/h4-5H,1-3H3,(H2,10,11). The Bertz CT molecular complexity index is 465. The van der Waals surface area contributed by atoms with Crippen LogP contribution in [0.5, 0.6) is 0 Å². The fourth-order valence-electron chi connectivity index (χ4n) is 1.36. The van der Waals surface area contributed by atoms with Gasteiger partial charge in [-0.15, -0.1) is 10.2 Å². The number of nitrogens with two attached hydrogens (primary N) is 1. The van der Waals surface area contributed by atoms with Crippen molar-refractivity contribution < 1.29 is 0 Å². The van der Waals surface area contributed by atoms with E-state index in [1.165, 1.54) is 0 Å². The SMILES string of the molecule is CC(C)(C)c1nnc2c(N)nccn12. The first-order chi connectivity index (χ1) is 6.50. The van der Waals surface area contributed by atoms with Crippen LogP contribution in [0.25, 0.3) is 5.65 Å². The van der Waals surface area contributed by atoms with Crippen LogP contribution in [0, 0.1) is 0 Å². The Morgan fingerprint density at radius 3 is 2.64 bits per heavy atom. The van der Waals surface area contributed by atoms with Gasteiger partial charge in [0.2, 0.25) is 5.65 Å². The minimum absolute atomic E-state index is 0.0484. The molecule has 0 aromatic carbocycles. The van der Waals surface area contributed by atoms with E-state index < -0.39 is 0 Å². The first-order valence-electron chi connectivity index (χ1n) is 4.46. The Balaban J connectivity index is 2.76. The molecule has 2 aromatic heterocycles. The summed E-state index contributed by atoms with van der Waals surface area (Å²) in [4.78, 5) is 3.96. The Morgan fingerprint density at radius 2 is 2.00 bits per heavy atom. The van der Waals surface area contributed by atoms with Crippen LogP contribution in [0.4, 0.5) is 5.82 Å². The predicted octanol–water partition coefficient (Wildman–Crippen LogP) is 1.00. The van der Waals surface area contributed by atoms with Crippen molar-refractivity contribution in [2.75, 3.05) is 5.73 Å². The van der Waals surface area contributed by atoms with Gasteiger partial charge in [0.15, 0.2) is 5.82 Å². The molecule has 0 aliphatic carbocycles. The van der Waals surface area contributed by atoms with E-state index in [9.17, 15) is 0 Å². The largest absolute Gasteiger partial charge is 0.381 e. The molecule has 74 valence electrons. The molecule has 0 radical (unpaired) electrons. The van der Waals surface area contributed by atoms with Crippen molar-refractivity contribution in [2.24, 2.45) is 0 Å². The van der Waals surface area contributed by atoms with Gasteiger partial charge in [-0.1, -0.05) is 20.8 Å². The number of fused-ring (bicyclic) bond motifs is 1. The third kappa shape index (κ3) is 1.21. The van der Waals surface area contributed by atoms with Crippen molar-refractivity contribution in [2.45, 2.75) is 26.2 Å². The molecule has 2 heterocycles. The summed E-state index contributed by atoms with van der Waals surface area (Å²) < 4.78 is 1.88. The number of rotatable bonds is 0. The molecule has 14 heavy (non-hydrogen) atoms. The van der Waals surface area contributed by atoms with Crippen LogP contribution in [0.2, 0.25) is 0 Å². The van der Waals surface area contributed by atoms with Crippen molar-refractivity contribution in [3.05, 3.63) is 18.2 Å². The molecular weight excluding hydrogens is 178 g/mol. The normalized spacial score (nSPS) is 12.2. The van der Waals surface area contributed by atoms with Gasteiger partial charge in [0.1, 0.15) is 5.82 Å². The van der Waals surface area contributed by atoms with E-state index in [0.29, 0.717) is 11.5 Å². The Kier molecular flexibility index (Phi) is 1.70. The zero-order chi connectivity index (χ0) is 10.3. The molecule has 2 aromatic rings. The molecule has 0 bridgehead atoms. The van der Waals surface area contributed by atoms with Gasteiger partial charge in [-0.2, -0.15) is 0 Å². The van der Waals surface area contributed by atoms with E-state index in [0.717, 1.165) is 5.82 Å². The number of hydrogen-bond donors (Lipinski definition) is 1. The highest BCUT2D eigenvalue weighted by molar-refractivity contribution is 5.58. The Labute approximate surface area is 82.0 Å². The predicted molar refractivity (Wildman–Crippen MR) is 53.9 cm³/mol. The van der Waals surface area contributed by atoms with E-state index in [2.05, 4.69) is 36.0 Å². The van der Waals surface area contributed by atoms with E-state index in [4.69, 9.17) is 5.73 Å². The highest BCUT2D eigenvalue weighted by Gasteiger charge is 2.21. The van der Waals surface area contributed by atoms with Crippen molar-refractivity contribution in [1.82, 2.24) is 19.6 Å². The molecule has 0 atom stereocenters. The summed E-state index contributed by atoms with van der Waals surface area (Å²) in [7, 11) is 0. The minimum atomic E-state index is -0.0484. The van der Waals surface area contributed by atoms with Crippen molar-refractivity contribution in [1.29, 1.82) is 0 Å². The van der Waals surface area contributed by atoms with Crippen LogP contribution in [0.15, 0.2) is 12.4 Å². The quantitative estimate of drug-likeness (QED) is 0.674. The van der Waals surface area contributed by atoms with E-state index in [-0.39, 0.29) is 5.41 Å². The third-order valence-electron chi connectivity index (χ3n) is 2.03. The zero-order valence-electron chi connectivity index (χ0n) is 8.52. The van der Waals surface area contributed by atoms with Crippen LogP contribution in [0.3, 0.4) is 0 Å². The highest BCUT2D eigenvalue weighted by atomic mass is 15.3. The molecule has 2 rings (SSSR count). The van der Waals surface area contributed by atoms with E-state index in [1.54, 1.807) is 6.20 Å². The van der Waals surface area contributed by atoms with Gasteiger partial charge in [0, 0.05) is 17.8 Å². The number of anilines is 1. The lowest BCUT2D eigenvalue weighted by Crippen LogP contribution is -2.16. The zero-order valence-corrected chi connectivity index (χ0v) is 8.52.